The van der Waals surface area contributed by atoms with Crippen molar-refractivity contribution in [2.75, 3.05) is 32.7 Å². The number of nitrogens with zero attached hydrogens (tertiary/aromatic N) is 6. The van der Waals surface area contributed by atoms with Crippen LogP contribution in [0.4, 0.5) is 13.2 Å². The Bertz CT molecular complexity index is 1430. The maximum absolute atomic E-state index is 14.2. The summed E-state index contributed by atoms with van der Waals surface area (Å²) >= 11 is 12.7. The highest BCUT2D eigenvalue weighted by Crippen LogP contribution is 2.40. The molecule has 1 fully saturated rings. The second-order valence-electron chi connectivity index (χ2n) is 9.21. The Morgan fingerprint density at radius 3 is 2.18 bits per heavy atom. The molecule has 1 aliphatic rings. The van der Waals surface area contributed by atoms with Crippen LogP contribution >= 0.6 is 23.2 Å². The lowest BCUT2D eigenvalue weighted by Crippen LogP contribution is -2.45. The van der Waals surface area contributed by atoms with E-state index in [9.17, 15) is 13.2 Å². The van der Waals surface area contributed by atoms with Crippen molar-refractivity contribution in [2.24, 2.45) is 0 Å². The molecule has 0 radical (unpaired) electrons. The number of halogens is 5. The zero-order chi connectivity index (χ0) is 27.4. The third-order valence-electron chi connectivity index (χ3n) is 6.63. The lowest BCUT2D eigenvalue weighted by atomic mass is 9.98. The summed E-state index contributed by atoms with van der Waals surface area (Å²) < 4.78 is 43.9. The van der Waals surface area contributed by atoms with Gasteiger partial charge in [-0.05, 0) is 39.8 Å². The van der Waals surface area contributed by atoms with E-state index in [1.807, 2.05) is 18.2 Å². The first-order valence-corrected chi connectivity index (χ1v) is 13.2. The smallest absolute Gasteiger partial charge is 0.297 e. The van der Waals surface area contributed by atoms with E-state index in [1.165, 1.54) is 10.7 Å². The quantitative estimate of drug-likeness (QED) is 0.253. The Morgan fingerprint density at radius 2 is 1.49 bits per heavy atom. The minimum Gasteiger partial charge on any atom is -0.297 e. The Morgan fingerprint density at radius 1 is 0.821 bits per heavy atom. The highest BCUT2D eigenvalue weighted by Gasteiger charge is 2.37. The number of hydrogen-bond donors (Lipinski definition) is 0. The monoisotopic (exact) mass is 572 g/mol. The summed E-state index contributed by atoms with van der Waals surface area (Å²) in [7, 11) is 0. The molecule has 0 unspecified atom stereocenters. The third-order valence-corrected chi connectivity index (χ3v) is 7.24. The molecule has 1 aliphatic heterocycles. The molecule has 0 bridgehead atoms. The van der Waals surface area contributed by atoms with Gasteiger partial charge in [-0.2, -0.15) is 17.9 Å². The molecule has 11 heteroatoms. The van der Waals surface area contributed by atoms with Crippen LogP contribution in [0.15, 0.2) is 72.8 Å². The molecule has 0 spiro atoms. The molecule has 1 aromatic heterocycles. The summed E-state index contributed by atoms with van der Waals surface area (Å²) in [6.07, 6.45) is -0.386. The van der Waals surface area contributed by atoms with Crippen molar-refractivity contribution < 1.29 is 13.2 Å². The van der Waals surface area contributed by atoms with Crippen LogP contribution in [0.2, 0.25) is 10.0 Å². The molecule has 202 valence electrons. The number of para-hydroxylation sites is 1. The van der Waals surface area contributed by atoms with Crippen molar-refractivity contribution in [2.45, 2.75) is 12.7 Å². The molecule has 0 amide bonds. The Hall–Kier alpha value is -3.24. The number of tetrazole rings is 1. The van der Waals surface area contributed by atoms with Gasteiger partial charge < -0.3 is 0 Å². The SMILES string of the molecule is FC(F)(F)c1cccc(CN2CCN(CC=Cc3ccccc3)CC2)c1-c1nnnn1-c1c(Cl)cccc1Cl. The number of rotatable bonds is 7. The van der Waals surface area contributed by atoms with Crippen molar-refractivity contribution in [3.8, 4) is 17.1 Å². The number of alkyl halides is 3. The van der Waals surface area contributed by atoms with Gasteiger partial charge in [-0.1, -0.05) is 83.9 Å². The van der Waals surface area contributed by atoms with Gasteiger partial charge >= 0.3 is 6.18 Å². The summed E-state index contributed by atoms with van der Waals surface area (Å²) in [4.78, 5) is 4.47. The van der Waals surface area contributed by atoms with Crippen molar-refractivity contribution >= 4 is 29.3 Å². The number of aromatic nitrogens is 4. The molecule has 39 heavy (non-hydrogen) atoms. The zero-order valence-corrected chi connectivity index (χ0v) is 22.3. The van der Waals surface area contributed by atoms with Crippen LogP contribution in [0, 0.1) is 0 Å². The lowest BCUT2D eigenvalue weighted by Gasteiger charge is -2.34. The van der Waals surface area contributed by atoms with E-state index in [1.54, 1.807) is 24.3 Å². The van der Waals surface area contributed by atoms with E-state index in [4.69, 9.17) is 23.2 Å². The van der Waals surface area contributed by atoms with Gasteiger partial charge in [0, 0.05) is 44.8 Å². The van der Waals surface area contributed by atoms with E-state index in [0.29, 0.717) is 12.1 Å². The standard InChI is InChI=1S/C28H25Cl2F3N6/c29-23-12-5-13-24(30)26(23)39-27(34-35-36-39)25-21(10-4-11-22(25)28(31,32)33)19-38-17-15-37(16-18-38)14-6-9-20-7-2-1-3-8-20/h1-13H,14-19H2. The van der Waals surface area contributed by atoms with Crippen molar-refractivity contribution in [1.82, 2.24) is 30.0 Å². The van der Waals surface area contributed by atoms with Gasteiger partial charge in [0.2, 0.25) is 0 Å². The molecule has 5 rings (SSSR count). The fourth-order valence-corrected chi connectivity index (χ4v) is 5.25. The van der Waals surface area contributed by atoms with Crippen LogP contribution < -0.4 is 0 Å². The number of benzene rings is 3. The average Bonchev–Trinajstić information content (AvgIpc) is 3.38. The van der Waals surface area contributed by atoms with Gasteiger partial charge in [-0.15, -0.1) is 5.10 Å². The Labute approximate surface area is 234 Å². The van der Waals surface area contributed by atoms with Crippen LogP contribution in [0.25, 0.3) is 23.2 Å². The predicted octanol–water partition coefficient (Wildman–Crippen LogP) is 6.49. The van der Waals surface area contributed by atoms with Crippen molar-refractivity contribution in [1.29, 1.82) is 0 Å². The molecule has 0 atom stereocenters. The van der Waals surface area contributed by atoms with Gasteiger partial charge in [-0.3, -0.25) is 9.80 Å². The maximum Gasteiger partial charge on any atom is 0.417 e. The second-order valence-corrected chi connectivity index (χ2v) is 10.0. The van der Waals surface area contributed by atoms with E-state index in [2.05, 4.69) is 49.6 Å². The molecular formula is C28H25Cl2F3N6. The molecule has 6 nitrogen and oxygen atoms in total. The van der Waals surface area contributed by atoms with Crippen LogP contribution in [0.5, 0.6) is 0 Å². The fourth-order valence-electron chi connectivity index (χ4n) is 4.69. The molecule has 0 N–H and O–H groups in total. The van der Waals surface area contributed by atoms with Crippen molar-refractivity contribution in [3.63, 3.8) is 0 Å². The highest BCUT2D eigenvalue weighted by molar-refractivity contribution is 6.37. The van der Waals surface area contributed by atoms with Gasteiger partial charge in [0.1, 0.15) is 5.69 Å². The molecule has 0 saturated carbocycles. The summed E-state index contributed by atoms with van der Waals surface area (Å²) in [6.45, 7) is 4.17. The normalized spacial score (nSPS) is 15.3. The van der Waals surface area contributed by atoms with Gasteiger partial charge in [-0.25, -0.2) is 0 Å². The van der Waals surface area contributed by atoms with Crippen LogP contribution in [0.3, 0.4) is 0 Å². The van der Waals surface area contributed by atoms with Gasteiger partial charge in [0.05, 0.1) is 15.6 Å². The molecule has 3 aromatic carbocycles. The van der Waals surface area contributed by atoms with Crippen LogP contribution in [0.1, 0.15) is 16.7 Å². The van der Waals surface area contributed by atoms with Crippen LogP contribution in [-0.2, 0) is 12.7 Å². The van der Waals surface area contributed by atoms with Crippen molar-refractivity contribution in [3.05, 3.63) is 99.5 Å². The average molecular weight is 573 g/mol. The Kier molecular flexibility index (Phi) is 8.32. The first-order chi connectivity index (χ1) is 18.8. The molecule has 4 aromatic rings. The van der Waals surface area contributed by atoms with Gasteiger partial charge in [0.15, 0.2) is 5.82 Å². The largest absolute Gasteiger partial charge is 0.417 e. The minimum atomic E-state index is -4.61. The van der Waals surface area contributed by atoms with E-state index in [-0.39, 0.29) is 27.1 Å². The Balaban J connectivity index is 1.38. The maximum atomic E-state index is 14.2. The molecular weight excluding hydrogens is 548 g/mol. The van der Waals surface area contributed by atoms with Gasteiger partial charge in [0.25, 0.3) is 0 Å². The second kappa shape index (κ2) is 11.9. The third kappa shape index (κ3) is 6.33. The lowest BCUT2D eigenvalue weighted by molar-refractivity contribution is -0.137. The van der Waals surface area contributed by atoms with E-state index in [0.717, 1.165) is 44.4 Å². The number of piperazine rings is 1. The first-order valence-electron chi connectivity index (χ1n) is 12.4. The fraction of sp³-hybridized carbons (Fsp3) is 0.250. The zero-order valence-electron chi connectivity index (χ0n) is 20.8. The summed E-state index contributed by atoms with van der Waals surface area (Å²) in [5, 5.41) is 12.1. The predicted molar refractivity (Wildman–Crippen MR) is 147 cm³/mol. The molecule has 2 heterocycles. The van der Waals surface area contributed by atoms with Crippen LogP contribution in [-0.4, -0.2) is 62.7 Å². The van der Waals surface area contributed by atoms with E-state index < -0.39 is 11.7 Å². The first kappa shape index (κ1) is 27.3. The minimum absolute atomic E-state index is 0.0717. The summed E-state index contributed by atoms with van der Waals surface area (Å²) in [5.74, 6) is -0.0717. The van der Waals surface area contributed by atoms with E-state index >= 15 is 0 Å². The number of hydrogen-bond acceptors (Lipinski definition) is 5. The topological polar surface area (TPSA) is 50.1 Å². The highest BCUT2D eigenvalue weighted by atomic mass is 35.5. The molecule has 1 saturated heterocycles. The summed E-state index contributed by atoms with van der Waals surface area (Å²) in [5.41, 5.74) is 0.944. The molecule has 0 aliphatic carbocycles. The summed E-state index contributed by atoms with van der Waals surface area (Å²) in [6, 6.07) is 19.1.